The summed E-state index contributed by atoms with van der Waals surface area (Å²) in [5.74, 6) is 0.702. The monoisotopic (exact) mass is 160 g/mol. The van der Waals surface area contributed by atoms with E-state index >= 15 is 0 Å². The van der Waals surface area contributed by atoms with E-state index in [-0.39, 0.29) is 0 Å². The summed E-state index contributed by atoms with van der Waals surface area (Å²) in [7, 11) is 0. The number of rotatable bonds is 7. The van der Waals surface area contributed by atoms with Crippen molar-refractivity contribution in [2.75, 3.05) is 13.2 Å². The van der Waals surface area contributed by atoms with Crippen LogP contribution in [0.15, 0.2) is 0 Å². The maximum Gasteiger partial charge on any atom is 0.0431 e. The standard InChI is InChI=1S/C9H20O2/c1-9(6-4-8-11)5-2-3-7-10/h9-11H,2-8H2,1H3. The Morgan fingerprint density at radius 1 is 0.909 bits per heavy atom. The molecule has 0 amide bonds. The van der Waals surface area contributed by atoms with Gasteiger partial charge in [0.1, 0.15) is 0 Å². The van der Waals surface area contributed by atoms with Crippen LogP contribution in [0, 0.1) is 5.92 Å². The fraction of sp³-hybridized carbons (Fsp3) is 1.00. The van der Waals surface area contributed by atoms with E-state index in [2.05, 4.69) is 6.92 Å². The van der Waals surface area contributed by atoms with E-state index in [9.17, 15) is 0 Å². The molecule has 1 atom stereocenters. The first-order chi connectivity index (χ1) is 5.31. The van der Waals surface area contributed by atoms with Crippen molar-refractivity contribution in [3.8, 4) is 0 Å². The van der Waals surface area contributed by atoms with Crippen molar-refractivity contribution in [3.05, 3.63) is 0 Å². The van der Waals surface area contributed by atoms with Gasteiger partial charge in [0, 0.05) is 13.2 Å². The molecule has 2 heteroatoms. The predicted molar refractivity (Wildman–Crippen MR) is 46.4 cm³/mol. The van der Waals surface area contributed by atoms with Crippen LogP contribution in [0.4, 0.5) is 0 Å². The lowest BCUT2D eigenvalue weighted by Crippen LogP contribution is -1.97. The molecule has 2 nitrogen and oxygen atoms in total. The molecule has 0 aliphatic rings. The molecule has 0 saturated heterocycles. The van der Waals surface area contributed by atoms with Crippen LogP contribution < -0.4 is 0 Å². The highest BCUT2D eigenvalue weighted by Crippen LogP contribution is 2.12. The third-order valence-electron chi connectivity index (χ3n) is 1.96. The first-order valence-corrected chi connectivity index (χ1v) is 4.53. The molecule has 0 bridgehead atoms. The highest BCUT2D eigenvalue weighted by atomic mass is 16.3. The average Bonchev–Trinajstić information content (AvgIpc) is 2.01. The molecule has 0 spiro atoms. The van der Waals surface area contributed by atoms with Gasteiger partial charge in [0.2, 0.25) is 0 Å². The van der Waals surface area contributed by atoms with Crippen LogP contribution in [0.25, 0.3) is 0 Å². The van der Waals surface area contributed by atoms with Crippen molar-refractivity contribution in [2.45, 2.75) is 39.0 Å². The van der Waals surface area contributed by atoms with E-state index in [0.29, 0.717) is 19.1 Å². The quantitative estimate of drug-likeness (QED) is 0.555. The summed E-state index contributed by atoms with van der Waals surface area (Å²) >= 11 is 0. The first-order valence-electron chi connectivity index (χ1n) is 4.53. The molecule has 2 N–H and O–H groups in total. The Hall–Kier alpha value is -0.0800. The van der Waals surface area contributed by atoms with E-state index in [4.69, 9.17) is 10.2 Å². The van der Waals surface area contributed by atoms with Crippen LogP contribution in [0.5, 0.6) is 0 Å². The van der Waals surface area contributed by atoms with Gasteiger partial charge in [0.05, 0.1) is 0 Å². The molecule has 1 unspecified atom stereocenters. The zero-order chi connectivity index (χ0) is 8.53. The molecule has 0 aromatic heterocycles. The molecule has 0 radical (unpaired) electrons. The molecule has 0 rings (SSSR count). The van der Waals surface area contributed by atoms with Crippen molar-refractivity contribution in [2.24, 2.45) is 5.92 Å². The summed E-state index contributed by atoms with van der Waals surface area (Å²) in [6, 6.07) is 0. The number of hydrogen-bond acceptors (Lipinski definition) is 2. The highest BCUT2D eigenvalue weighted by Gasteiger charge is 2.00. The summed E-state index contributed by atoms with van der Waals surface area (Å²) in [6.07, 6.45) is 5.25. The van der Waals surface area contributed by atoms with Crippen molar-refractivity contribution >= 4 is 0 Å². The molecule has 0 fully saturated rings. The minimum atomic E-state index is 0.310. The van der Waals surface area contributed by atoms with E-state index in [1.807, 2.05) is 0 Å². The number of aliphatic hydroxyl groups excluding tert-OH is 2. The lowest BCUT2D eigenvalue weighted by molar-refractivity contribution is 0.262. The van der Waals surface area contributed by atoms with Gasteiger partial charge in [-0.3, -0.25) is 0 Å². The second kappa shape index (κ2) is 8.02. The molecular weight excluding hydrogens is 140 g/mol. The largest absolute Gasteiger partial charge is 0.396 e. The Bertz CT molecular complexity index is 74.0. The summed E-state index contributed by atoms with van der Waals surface area (Å²) in [4.78, 5) is 0. The van der Waals surface area contributed by atoms with Crippen LogP contribution in [-0.2, 0) is 0 Å². The van der Waals surface area contributed by atoms with Gasteiger partial charge in [-0.1, -0.05) is 19.8 Å². The van der Waals surface area contributed by atoms with E-state index in [1.165, 1.54) is 6.42 Å². The molecule has 0 aliphatic heterocycles. The van der Waals surface area contributed by atoms with E-state index in [1.54, 1.807) is 0 Å². The third kappa shape index (κ3) is 7.82. The van der Waals surface area contributed by atoms with Crippen LogP contribution >= 0.6 is 0 Å². The second-order valence-corrected chi connectivity index (χ2v) is 3.19. The fourth-order valence-corrected chi connectivity index (χ4v) is 1.19. The smallest absolute Gasteiger partial charge is 0.0431 e. The van der Waals surface area contributed by atoms with E-state index < -0.39 is 0 Å². The second-order valence-electron chi connectivity index (χ2n) is 3.19. The Morgan fingerprint density at radius 3 is 2.00 bits per heavy atom. The first kappa shape index (κ1) is 10.9. The van der Waals surface area contributed by atoms with Gasteiger partial charge in [0.25, 0.3) is 0 Å². The lowest BCUT2D eigenvalue weighted by atomic mass is 9.99. The van der Waals surface area contributed by atoms with Gasteiger partial charge in [-0.05, 0) is 25.2 Å². The number of aliphatic hydroxyl groups is 2. The minimum absolute atomic E-state index is 0.310. The van der Waals surface area contributed by atoms with Gasteiger partial charge < -0.3 is 10.2 Å². The Kier molecular flexibility index (Phi) is 7.96. The van der Waals surface area contributed by atoms with Crippen LogP contribution in [0.3, 0.4) is 0 Å². The van der Waals surface area contributed by atoms with Crippen LogP contribution in [0.1, 0.15) is 39.0 Å². The van der Waals surface area contributed by atoms with Gasteiger partial charge in [-0.25, -0.2) is 0 Å². The predicted octanol–water partition coefficient (Wildman–Crippen LogP) is 1.56. The van der Waals surface area contributed by atoms with Gasteiger partial charge in [-0.15, -0.1) is 0 Å². The Labute approximate surface area is 69.2 Å². The maximum atomic E-state index is 8.55. The maximum absolute atomic E-state index is 8.55. The topological polar surface area (TPSA) is 40.5 Å². The van der Waals surface area contributed by atoms with E-state index in [0.717, 1.165) is 25.7 Å². The van der Waals surface area contributed by atoms with Crippen molar-refractivity contribution < 1.29 is 10.2 Å². The van der Waals surface area contributed by atoms with Crippen LogP contribution in [0.2, 0.25) is 0 Å². The lowest BCUT2D eigenvalue weighted by Gasteiger charge is -2.08. The molecule has 0 aromatic carbocycles. The Morgan fingerprint density at radius 2 is 1.45 bits per heavy atom. The molecule has 0 saturated carbocycles. The molecule has 11 heavy (non-hydrogen) atoms. The average molecular weight is 160 g/mol. The van der Waals surface area contributed by atoms with Gasteiger partial charge >= 0.3 is 0 Å². The van der Waals surface area contributed by atoms with Crippen molar-refractivity contribution in [3.63, 3.8) is 0 Å². The fourth-order valence-electron chi connectivity index (χ4n) is 1.19. The number of hydrogen-bond donors (Lipinski definition) is 2. The SMILES string of the molecule is CC(CCCO)CCCCO. The van der Waals surface area contributed by atoms with Gasteiger partial charge in [-0.2, -0.15) is 0 Å². The zero-order valence-corrected chi connectivity index (χ0v) is 7.42. The Balaban J connectivity index is 3.02. The zero-order valence-electron chi connectivity index (χ0n) is 7.42. The molecular formula is C9H20O2. The molecule has 0 heterocycles. The van der Waals surface area contributed by atoms with Crippen molar-refractivity contribution in [1.82, 2.24) is 0 Å². The van der Waals surface area contributed by atoms with Gasteiger partial charge in [0.15, 0.2) is 0 Å². The molecule has 68 valence electrons. The summed E-state index contributed by atoms with van der Waals surface area (Å²) in [5, 5.41) is 17.1. The minimum Gasteiger partial charge on any atom is -0.396 e. The van der Waals surface area contributed by atoms with Crippen molar-refractivity contribution in [1.29, 1.82) is 0 Å². The van der Waals surface area contributed by atoms with Crippen LogP contribution in [-0.4, -0.2) is 23.4 Å². The molecule has 0 aromatic rings. The highest BCUT2D eigenvalue weighted by molar-refractivity contribution is 4.53. The normalized spacial score (nSPS) is 13.4. The third-order valence-corrected chi connectivity index (χ3v) is 1.96. The summed E-state index contributed by atoms with van der Waals surface area (Å²) < 4.78 is 0. The molecule has 0 aliphatic carbocycles. The summed E-state index contributed by atoms with van der Waals surface area (Å²) in [6.45, 7) is 2.82. The summed E-state index contributed by atoms with van der Waals surface area (Å²) in [5.41, 5.74) is 0. The number of unbranched alkanes of at least 4 members (excludes halogenated alkanes) is 1.